The average Bonchev–Trinajstić information content (AvgIpc) is 3.01. The van der Waals surface area contributed by atoms with E-state index in [4.69, 9.17) is 0 Å². The van der Waals surface area contributed by atoms with Crippen molar-refractivity contribution in [3.63, 3.8) is 0 Å². The molecule has 0 saturated heterocycles. The Morgan fingerprint density at radius 2 is 2.00 bits per heavy atom. The molecule has 3 rings (SSSR count). The molecule has 20 heavy (non-hydrogen) atoms. The van der Waals surface area contributed by atoms with Gasteiger partial charge in [0.15, 0.2) is 0 Å². The third-order valence-corrected chi connectivity index (χ3v) is 4.82. The first-order valence-corrected chi connectivity index (χ1v) is 7.97. The van der Waals surface area contributed by atoms with Crippen LogP contribution in [0.15, 0.2) is 34.9 Å². The van der Waals surface area contributed by atoms with E-state index in [1.807, 2.05) is 17.9 Å². The summed E-state index contributed by atoms with van der Waals surface area (Å²) in [6.07, 6.45) is 4.18. The third-order valence-electron chi connectivity index (χ3n) is 4.21. The van der Waals surface area contributed by atoms with Gasteiger partial charge in [-0.2, -0.15) is 5.10 Å². The normalized spacial score (nSPS) is 16.4. The Hall–Kier alpha value is -1.13. The number of halogens is 1. The second kappa shape index (κ2) is 5.70. The lowest BCUT2D eigenvalue weighted by molar-refractivity contribution is 0.361. The van der Waals surface area contributed by atoms with Crippen molar-refractivity contribution >= 4 is 15.9 Å². The van der Waals surface area contributed by atoms with Crippen LogP contribution < -0.4 is 5.32 Å². The van der Waals surface area contributed by atoms with Gasteiger partial charge in [0, 0.05) is 7.05 Å². The van der Waals surface area contributed by atoms with Crippen LogP contribution in [-0.4, -0.2) is 16.3 Å². The Bertz CT molecular complexity index is 561. The first-order chi connectivity index (χ1) is 9.70. The van der Waals surface area contributed by atoms with Crippen LogP contribution in [0.5, 0.6) is 0 Å². The van der Waals surface area contributed by atoms with Crippen LogP contribution in [0.4, 0.5) is 0 Å². The highest BCUT2D eigenvalue weighted by Gasteiger charge is 2.31. The third kappa shape index (κ3) is 2.42. The molecule has 1 unspecified atom stereocenters. The zero-order chi connectivity index (χ0) is 14.1. The summed E-state index contributed by atoms with van der Waals surface area (Å²) in [6.45, 7) is 3.13. The van der Waals surface area contributed by atoms with Gasteiger partial charge in [0.1, 0.15) is 0 Å². The number of hydrogen-bond donors (Lipinski definition) is 1. The van der Waals surface area contributed by atoms with Gasteiger partial charge in [-0.3, -0.25) is 4.68 Å². The molecule has 0 radical (unpaired) electrons. The quantitative estimate of drug-likeness (QED) is 0.930. The zero-order valence-corrected chi connectivity index (χ0v) is 13.5. The number of aryl methyl sites for hydroxylation is 1. The van der Waals surface area contributed by atoms with Gasteiger partial charge in [-0.15, -0.1) is 0 Å². The Kier molecular flexibility index (Phi) is 3.94. The SMILES string of the molecule is CCNC(c1c(Br)cnn1C)C1Cc2ccccc2C1. The maximum atomic E-state index is 4.37. The topological polar surface area (TPSA) is 29.9 Å². The van der Waals surface area contributed by atoms with Crippen LogP contribution in [0.1, 0.15) is 29.8 Å². The van der Waals surface area contributed by atoms with E-state index >= 15 is 0 Å². The molecule has 4 heteroatoms. The molecule has 1 heterocycles. The lowest BCUT2D eigenvalue weighted by Crippen LogP contribution is -2.30. The van der Waals surface area contributed by atoms with Crippen LogP contribution >= 0.6 is 15.9 Å². The van der Waals surface area contributed by atoms with Crippen molar-refractivity contribution in [2.45, 2.75) is 25.8 Å². The highest BCUT2D eigenvalue weighted by atomic mass is 79.9. The smallest absolute Gasteiger partial charge is 0.0695 e. The van der Waals surface area contributed by atoms with Gasteiger partial charge in [-0.25, -0.2) is 0 Å². The number of nitrogens with one attached hydrogen (secondary N) is 1. The van der Waals surface area contributed by atoms with Crippen LogP contribution in [0.2, 0.25) is 0 Å². The molecule has 1 atom stereocenters. The monoisotopic (exact) mass is 333 g/mol. The Balaban J connectivity index is 1.90. The molecule has 2 aromatic rings. The standard InChI is InChI=1S/C16H20BrN3/c1-3-18-15(16-14(17)10-19-20(16)2)13-8-11-6-4-5-7-12(11)9-13/h4-7,10,13,15,18H,3,8-9H2,1-2H3. The maximum Gasteiger partial charge on any atom is 0.0695 e. The lowest BCUT2D eigenvalue weighted by atomic mass is 9.93. The summed E-state index contributed by atoms with van der Waals surface area (Å²) >= 11 is 3.65. The van der Waals surface area contributed by atoms with E-state index < -0.39 is 0 Å². The summed E-state index contributed by atoms with van der Waals surface area (Å²) < 4.78 is 3.09. The van der Waals surface area contributed by atoms with E-state index in [-0.39, 0.29) is 0 Å². The fourth-order valence-electron chi connectivity index (χ4n) is 3.31. The molecule has 3 nitrogen and oxygen atoms in total. The molecular formula is C16H20BrN3. The highest BCUT2D eigenvalue weighted by Crippen LogP contribution is 2.37. The van der Waals surface area contributed by atoms with Crippen molar-refractivity contribution in [2.75, 3.05) is 6.54 Å². The Morgan fingerprint density at radius 3 is 2.50 bits per heavy atom. The predicted octanol–water partition coefficient (Wildman–Crippen LogP) is 3.25. The fraction of sp³-hybridized carbons (Fsp3) is 0.438. The molecule has 0 fully saturated rings. The molecule has 1 aromatic heterocycles. The van der Waals surface area contributed by atoms with Crippen molar-refractivity contribution < 1.29 is 0 Å². The van der Waals surface area contributed by atoms with E-state index in [9.17, 15) is 0 Å². The van der Waals surface area contributed by atoms with Crippen molar-refractivity contribution in [3.8, 4) is 0 Å². The molecule has 0 amide bonds. The zero-order valence-electron chi connectivity index (χ0n) is 11.9. The Morgan fingerprint density at radius 1 is 1.35 bits per heavy atom. The predicted molar refractivity (Wildman–Crippen MR) is 84.7 cm³/mol. The van der Waals surface area contributed by atoms with Crippen molar-refractivity contribution in [2.24, 2.45) is 13.0 Å². The molecule has 0 spiro atoms. The average molecular weight is 334 g/mol. The van der Waals surface area contributed by atoms with E-state index in [1.54, 1.807) is 0 Å². The summed E-state index contributed by atoms with van der Waals surface area (Å²) in [6, 6.07) is 9.15. The second-order valence-corrected chi connectivity index (χ2v) is 6.33. The first-order valence-electron chi connectivity index (χ1n) is 7.18. The molecule has 0 bridgehead atoms. The lowest BCUT2D eigenvalue weighted by Gasteiger charge is -2.25. The maximum absolute atomic E-state index is 4.37. The number of fused-ring (bicyclic) bond motifs is 1. The highest BCUT2D eigenvalue weighted by molar-refractivity contribution is 9.10. The van der Waals surface area contributed by atoms with Gasteiger partial charge < -0.3 is 5.32 Å². The van der Waals surface area contributed by atoms with Crippen LogP contribution in [0.3, 0.4) is 0 Å². The van der Waals surface area contributed by atoms with E-state index in [2.05, 4.69) is 57.5 Å². The van der Waals surface area contributed by atoms with E-state index in [1.165, 1.54) is 16.8 Å². The number of nitrogens with zero attached hydrogens (tertiary/aromatic N) is 2. The summed E-state index contributed by atoms with van der Waals surface area (Å²) in [4.78, 5) is 0. The molecule has 1 aliphatic rings. The molecule has 1 aromatic carbocycles. The number of benzene rings is 1. The first kappa shape index (κ1) is 13.8. The van der Waals surface area contributed by atoms with Gasteiger partial charge in [0.05, 0.1) is 22.4 Å². The number of aromatic nitrogens is 2. The van der Waals surface area contributed by atoms with Gasteiger partial charge in [0.2, 0.25) is 0 Å². The van der Waals surface area contributed by atoms with Crippen LogP contribution in [0.25, 0.3) is 0 Å². The van der Waals surface area contributed by atoms with Gasteiger partial charge in [-0.1, -0.05) is 31.2 Å². The van der Waals surface area contributed by atoms with Gasteiger partial charge >= 0.3 is 0 Å². The summed E-state index contributed by atoms with van der Waals surface area (Å²) in [5.41, 5.74) is 4.25. The second-order valence-electron chi connectivity index (χ2n) is 5.47. The van der Waals surface area contributed by atoms with Gasteiger partial charge in [0.25, 0.3) is 0 Å². The van der Waals surface area contributed by atoms with Crippen molar-refractivity contribution in [1.29, 1.82) is 0 Å². The summed E-state index contributed by atoms with van der Waals surface area (Å²) in [5.74, 6) is 0.596. The number of hydrogen-bond acceptors (Lipinski definition) is 2. The fourth-order valence-corrected chi connectivity index (χ4v) is 3.90. The molecule has 0 aliphatic heterocycles. The number of rotatable bonds is 4. The minimum absolute atomic E-state index is 0.342. The largest absolute Gasteiger partial charge is 0.309 e. The minimum atomic E-state index is 0.342. The summed E-state index contributed by atoms with van der Waals surface area (Å²) in [5, 5.41) is 8.02. The molecule has 0 saturated carbocycles. The molecule has 1 N–H and O–H groups in total. The van der Waals surface area contributed by atoms with Gasteiger partial charge in [-0.05, 0) is 52.4 Å². The van der Waals surface area contributed by atoms with Crippen molar-refractivity contribution in [3.05, 3.63) is 51.8 Å². The molecule has 106 valence electrons. The van der Waals surface area contributed by atoms with Crippen LogP contribution in [-0.2, 0) is 19.9 Å². The van der Waals surface area contributed by atoms with E-state index in [0.717, 1.165) is 23.9 Å². The van der Waals surface area contributed by atoms with Crippen LogP contribution in [0, 0.1) is 5.92 Å². The molecular weight excluding hydrogens is 314 g/mol. The Labute approximate surface area is 128 Å². The van der Waals surface area contributed by atoms with Crippen molar-refractivity contribution in [1.82, 2.24) is 15.1 Å². The molecule has 1 aliphatic carbocycles. The minimum Gasteiger partial charge on any atom is -0.309 e. The van der Waals surface area contributed by atoms with E-state index in [0.29, 0.717) is 12.0 Å². The summed E-state index contributed by atoms with van der Waals surface area (Å²) in [7, 11) is 2.02.